The van der Waals surface area contributed by atoms with Gasteiger partial charge in [-0.15, -0.1) is 4.40 Å². The topological polar surface area (TPSA) is 76.0 Å². The van der Waals surface area contributed by atoms with Crippen LogP contribution in [0.15, 0.2) is 57.8 Å². The number of rotatable bonds is 5. The molecule has 0 spiro atoms. The van der Waals surface area contributed by atoms with Crippen LogP contribution in [0.3, 0.4) is 0 Å². The van der Waals surface area contributed by atoms with E-state index in [0.717, 1.165) is 17.3 Å². The molecule has 6 nitrogen and oxygen atoms in total. The summed E-state index contributed by atoms with van der Waals surface area (Å²) in [6.07, 6.45) is 0. The quantitative estimate of drug-likeness (QED) is 0.761. The maximum atomic E-state index is 12.7. The van der Waals surface area contributed by atoms with Crippen LogP contribution in [0.1, 0.15) is 19.4 Å². The molecule has 3 rings (SSSR count). The summed E-state index contributed by atoms with van der Waals surface area (Å²) in [5, 5.41) is -0.263. The maximum Gasteiger partial charge on any atom is 0.284 e. The highest BCUT2D eigenvalue weighted by atomic mass is 32.2. The fourth-order valence-electron chi connectivity index (χ4n) is 2.56. The summed E-state index contributed by atoms with van der Waals surface area (Å²) in [6.45, 7) is 6.03. The lowest BCUT2D eigenvalue weighted by atomic mass is 10.2. The first-order valence-electron chi connectivity index (χ1n) is 8.47. The van der Waals surface area contributed by atoms with Gasteiger partial charge in [-0.2, -0.15) is 8.42 Å². The standard InChI is InChI=1S/C19H20N2O4S2/c1-4-25-16-9-7-15(8-10-16)21-18(22)14(3)26-19(21)20-27(23,24)17-11-5-13(2)6-12-17/h5-12,14H,4H2,1-3H3/t14-/m1/s1. The van der Waals surface area contributed by atoms with Gasteiger partial charge in [0.25, 0.3) is 10.0 Å². The lowest BCUT2D eigenvalue weighted by Crippen LogP contribution is -2.31. The van der Waals surface area contributed by atoms with E-state index in [9.17, 15) is 13.2 Å². The number of amides is 1. The van der Waals surface area contributed by atoms with E-state index in [4.69, 9.17) is 4.74 Å². The number of hydrogen-bond acceptors (Lipinski definition) is 5. The molecule has 0 saturated carbocycles. The SMILES string of the molecule is CCOc1ccc(N2C(=O)[C@@H](C)SC2=NS(=O)(=O)c2ccc(C)cc2)cc1. The highest BCUT2D eigenvalue weighted by Gasteiger charge is 2.37. The Balaban J connectivity index is 1.98. The first kappa shape index (κ1) is 19.4. The molecule has 0 unspecified atom stereocenters. The molecule has 0 N–H and O–H groups in total. The van der Waals surface area contributed by atoms with Gasteiger partial charge in [-0.05, 0) is 57.2 Å². The van der Waals surface area contributed by atoms with Gasteiger partial charge in [-0.3, -0.25) is 9.69 Å². The van der Waals surface area contributed by atoms with E-state index in [1.54, 1.807) is 43.3 Å². The number of carbonyl (C=O) groups is 1. The molecule has 1 amide bonds. The molecule has 1 atom stereocenters. The highest BCUT2D eigenvalue weighted by Crippen LogP contribution is 2.33. The molecule has 1 saturated heterocycles. The summed E-state index contributed by atoms with van der Waals surface area (Å²) in [5.74, 6) is 0.473. The summed E-state index contributed by atoms with van der Waals surface area (Å²) in [6, 6.07) is 13.4. The van der Waals surface area contributed by atoms with Gasteiger partial charge in [0.1, 0.15) is 5.75 Å². The largest absolute Gasteiger partial charge is 0.494 e. The average Bonchev–Trinajstić information content (AvgIpc) is 2.89. The first-order valence-corrected chi connectivity index (χ1v) is 10.8. The monoisotopic (exact) mass is 404 g/mol. The first-order chi connectivity index (χ1) is 12.8. The minimum atomic E-state index is -3.92. The van der Waals surface area contributed by atoms with E-state index in [2.05, 4.69) is 4.40 Å². The number of amidine groups is 1. The Labute approximate surface area is 163 Å². The van der Waals surface area contributed by atoms with Crippen molar-refractivity contribution in [3.8, 4) is 5.75 Å². The Morgan fingerprint density at radius 3 is 2.33 bits per heavy atom. The highest BCUT2D eigenvalue weighted by molar-refractivity contribution is 8.16. The van der Waals surface area contributed by atoms with Crippen molar-refractivity contribution in [2.75, 3.05) is 11.5 Å². The molecule has 0 aliphatic carbocycles. The molecule has 0 bridgehead atoms. The second-order valence-electron chi connectivity index (χ2n) is 6.02. The molecule has 2 aromatic rings. The third-order valence-corrected chi connectivity index (χ3v) is 6.40. The fourth-order valence-corrected chi connectivity index (χ4v) is 4.72. The predicted octanol–water partition coefficient (Wildman–Crippen LogP) is 3.61. The summed E-state index contributed by atoms with van der Waals surface area (Å²) in [4.78, 5) is 14.0. The van der Waals surface area contributed by atoms with Gasteiger partial charge in [0.2, 0.25) is 5.91 Å². The number of thioether (sulfide) groups is 1. The third kappa shape index (κ3) is 4.17. The molecule has 1 heterocycles. The van der Waals surface area contributed by atoms with Crippen molar-refractivity contribution in [1.82, 2.24) is 0 Å². The molecular formula is C19H20N2O4S2. The Morgan fingerprint density at radius 2 is 1.74 bits per heavy atom. The number of hydrogen-bond donors (Lipinski definition) is 0. The van der Waals surface area contributed by atoms with E-state index in [1.165, 1.54) is 17.0 Å². The van der Waals surface area contributed by atoms with E-state index in [-0.39, 0.29) is 16.0 Å². The molecule has 8 heteroatoms. The van der Waals surface area contributed by atoms with Crippen molar-refractivity contribution in [2.24, 2.45) is 4.40 Å². The van der Waals surface area contributed by atoms with E-state index >= 15 is 0 Å². The second-order valence-corrected chi connectivity index (χ2v) is 8.93. The number of anilines is 1. The summed E-state index contributed by atoms with van der Waals surface area (Å²) < 4.78 is 34.7. The minimum Gasteiger partial charge on any atom is -0.494 e. The van der Waals surface area contributed by atoms with Crippen LogP contribution in [-0.2, 0) is 14.8 Å². The van der Waals surface area contributed by atoms with Crippen LogP contribution in [0.2, 0.25) is 0 Å². The van der Waals surface area contributed by atoms with Crippen LogP contribution < -0.4 is 9.64 Å². The van der Waals surface area contributed by atoms with Crippen molar-refractivity contribution in [3.63, 3.8) is 0 Å². The summed E-state index contributed by atoms with van der Waals surface area (Å²) >= 11 is 1.13. The number of benzene rings is 2. The average molecular weight is 405 g/mol. The third-order valence-electron chi connectivity index (χ3n) is 3.96. The van der Waals surface area contributed by atoms with Gasteiger partial charge < -0.3 is 4.74 Å². The lowest BCUT2D eigenvalue weighted by molar-refractivity contribution is -0.116. The van der Waals surface area contributed by atoms with Gasteiger partial charge in [0, 0.05) is 0 Å². The lowest BCUT2D eigenvalue weighted by Gasteiger charge is -2.16. The maximum absolute atomic E-state index is 12.7. The van der Waals surface area contributed by atoms with Gasteiger partial charge in [-0.1, -0.05) is 29.5 Å². The summed E-state index contributed by atoms with van der Waals surface area (Å²) in [5.41, 5.74) is 1.51. The van der Waals surface area contributed by atoms with Gasteiger partial charge in [0.05, 0.1) is 22.4 Å². The second kappa shape index (κ2) is 7.74. The van der Waals surface area contributed by atoms with Crippen LogP contribution in [0, 0.1) is 6.92 Å². The summed E-state index contributed by atoms with van der Waals surface area (Å²) in [7, 11) is -3.92. The zero-order valence-electron chi connectivity index (χ0n) is 15.2. The molecule has 1 fully saturated rings. The Kier molecular flexibility index (Phi) is 5.57. The van der Waals surface area contributed by atoms with E-state index in [1.807, 2.05) is 13.8 Å². The molecule has 0 radical (unpaired) electrons. The van der Waals surface area contributed by atoms with Gasteiger partial charge in [-0.25, -0.2) is 0 Å². The number of carbonyl (C=O) groups excluding carboxylic acids is 1. The van der Waals surface area contributed by atoms with Gasteiger partial charge >= 0.3 is 0 Å². The normalized spacial score (nSPS) is 18.9. The molecule has 1 aliphatic rings. The molecule has 1 aliphatic heterocycles. The fraction of sp³-hybridized carbons (Fsp3) is 0.263. The van der Waals surface area contributed by atoms with Crippen molar-refractivity contribution < 1.29 is 17.9 Å². The Bertz CT molecular complexity index is 968. The minimum absolute atomic E-state index is 0.0971. The van der Waals surface area contributed by atoms with Crippen LogP contribution in [0.5, 0.6) is 5.75 Å². The number of ether oxygens (including phenoxy) is 1. The Morgan fingerprint density at radius 1 is 1.11 bits per heavy atom. The Hall–Kier alpha value is -2.32. The van der Waals surface area contributed by atoms with Gasteiger partial charge in [0.15, 0.2) is 5.17 Å². The molecule has 27 heavy (non-hydrogen) atoms. The van der Waals surface area contributed by atoms with Crippen LogP contribution in [0.25, 0.3) is 0 Å². The molecule has 142 valence electrons. The van der Waals surface area contributed by atoms with Crippen LogP contribution in [0.4, 0.5) is 5.69 Å². The molecule has 0 aromatic heterocycles. The number of aryl methyl sites for hydroxylation is 1. The van der Waals surface area contributed by atoms with Crippen LogP contribution >= 0.6 is 11.8 Å². The zero-order valence-corrected chi connectivity index (χ0v) is 16.9. The van der Waals surface area contributed by atoms with Crippen LogP contribution in [-0.4, -0.2) is 31.3 Å². The molecule has 2 aromatic carbocycles. The zero-order chi connectivity index (χ0) is 19.6. The van der Waals surface area contributed by atoms with E-state index in [0.29, 0.717) is 18.0 Å². The predicted molar refractivity (Wildman–Crippen MR) is 108 cm³/mol. The van der Waals surface area contributed by atoms with Crippen molar-refractivity contribution in [1.29, 1.82) is 0 Å². The number of sulfonamides is 1. The van der Waals surface area contributed by atoms with Crippen molar-refractivity contribution >= 4 is 38.5 Å². The van der Waals surface area contributed by atoms with Crippen molar-refractivity contribution in [2.45, 2.75) is 30.9 Å². The van der Waals surface area contributed by atoms with Crippen molar-refractivity contribution in [3.05, 3.63) is 54.1 Å². The smallest absolute Gasteiger partial charge is 0.284 e. The number of nitrogens with zero attached hydrogens (tertiary/aromatic N) is 2. The molecular weight excluding hydrogens is 384 g/mol. The van der Waals surface area contributed by atoms with E-state index < -0.39 is 15.3 Å².